The first-order valence-corrected chi connectivity index (χ1v) is 13.6. The summed E-state index contributed by atoms with van der Waals surface area (Å²) in [6.07, 6.45) is -0.302. The van der Waals surface area contributed by atoms with E-state index in [-0.39, 0.29) is 29.1 Å². The van der Waals surface area contributed by atoms with Crippen LogP contribution in [0.3, 0.4) is 0 Å². The monoisotopic (exact) mass is 603 g/mol. The number of guanidine groups is 1. The third-order valence-corrected chi connectivity index (χ3v) is 7.21. The van der Waals surface area contributed by atoms with Crippen LogP contribution >= 0.6 is 0 Å². The predicted molar refractivity (Wildman–Crippen MR) is 156 cm³/mol. The molecule has 3 N–H and O–H groups in total. The fourth-order valence-electron chi connectivity index (χ4n) is 4.96. The van der Waals surface area contributed by atoms with Crippen molar-refractivity contribution in [3.05, 3.63) is 77.1 Å². The number of amides is 2. The van der Waals surface area contributed by atoms with E-state index in [4.69, 9.17) is 20.6 Å². The van der Waals surface area contributed by atoms with E-state index in [0.29, 0.717) is 36.5 Å². The fraction of sp³-hybridized carbons (Fsp3) is 0.400. The number of methoxy groups -OCH3 is 1. The van der Waals surface area contributed by atoms with Crippen LogP contribution in [0.4, 0.5) is 23.7 Å². The van der Waals surface area contributed by atoms with Gasteiger partial charge in [0.1, 0.15) is 25.7 Å². The maximum Gasteiger partial charge on any atom is 0.416 e. The molecule has 0 aliphatic carbocycles. The molecule has 2 aliphatic rings. The highest BCUT2D eigenvalue weighted by Gasteiger charge is 2.47. The number of nitrogens with one attached hydrogen (secondary N) is 1. The lowest BCUT2D eigenvalue weighted by Gasteiger charge is -2.44. The van der Waals surface area contributed by atoms with E-state index >= 15 is 0 Å². The average molecular weight is 604 g/mol. The number of benzene rings is 1. The summed E-state index contributed by atoms with van der Waals surface area (Å²) in [6.45, 7) is 13.3. The molecule has 1 fully saturated rings. The number of carbonyl (C=O) groups excluding carboxylic acids is 2. The number of carbonyl (C=O) groups is 2. The molecule has 0 saturated carbocycles. The molecule has 43 heavy (non-hydrogen) atoms. The van der Waals surface area contributed by atoms with E-state index in [1.165, 1.54) is 25.1 Å². The maximum absolute atomic E-state index is 13.5. The summed E-state index contributed by atoms with van der Waals surface area (Å²) < 4.78 is 51.7. The topological polar surface area (TPSA) is 133 Å². The van der Waals surface area contributed by atoms with Gasteiger partial charge in [0.15, 0.2) is 6.73 Å². The summed E-state index contributed by atoms with van der Waals surface area (Å²) in [5.74, 6) is -1.44. The van der Waals surface area contributed by atoms with E-state index in [0.717, 1.165) is 35.1 Å². The van der Waals surface area contributed by atoms with Crippen LogP contribution in [0.15, 0.2) is 71.5 Å². The van der Waals surface area contributed by atoms with Crippen molar-refractivity contribution in [2.45, 2.75) is 39.9 Å². The summed E-state index contributed by atoms with van der Waals surface area (Å²) in [4.78, 5) is 28.2. The number of alkyl halides is 3. The highest BCUT2D eigenvalue weighted by molar-refractivity contribution is 6.10. The molecule has 13 heteroatoms. The number of esters is 1. The third-order valence-electron chi connectivity index (χ3n) is 7.21. The Morgan fingerprint density at radius 3 is 2.49 bits per heavy atom. The van der Waals surface area contributed by atoms with Crippen molar-refractivity contribution in [2.24, 2.45) is 5.73 Å². The number of halogens is 3. The summed E-state index contributed by atoms with van der Waals surface area (Å²) in [7, 11) is 1.13. The highest BCUT2D eigenvalue weighted by Crippen LogP contribution is 2.38. The van der Waals surface area contributed by atoms with Crippen LogP contribution in [0, 0.1) is 16.7 Å². The first-order valence-electron chi connectivity index (χ1n) is 13.6. The van der Waals surface area contributed by atoms with Gasteiger partial charge in [-0.2, -0.15) is 18.4 Å². The second-order valence-electron chi connectivity index (χ2n) is 9.57. The van der Waals surface area contributed by atoms with Gasteiger partial charge >= 0.3 is 18.2 Å². The number of primary amides is 1. The van der Waals surface area contributed by atoms with E-state index in [9.17, 15) is 28.0 Å². The van der Waals surface area contributed by atoms with Crippen LogP contribution in [0.2, 0.25) is 0 Å². The number of hydrogen-bond acceptors (Lipinski definition) is 6. The smallest absolute Gasteiger partial charge is 0.416 e. The van der Waals surface area contributed by atoms with Crippen LogP contribution in [0.25, 0.3) is 0 Å². The van der Waals surface area contributed by atoms with E-state index < -0.39 is 35.7 Å². The Balaban J connectivity index is 0.00000316. The van der Waals surface area contributed by atoms with Crippen molar-refractivity contribution in [1.29, 1.82) is 10.7 Å². The van der Waals surface area contributed by atoms with Gasteiger partial charge in [-0.05, 0) is 38.1 Å². The number of nitrogens with zero attached hydrogens (tertiary/aromatic N) is 4. The van der Waals surface area contributed by atoms with Crippen molar-refractivity contribution in [3.8, 4) is 6.07 Å². The Morgan fingerprint density at radius 1 is 1.33 bits per heavy atom. The zero-order chi connectivity index (χ0) is 32.5. The number of hydrogen-bond donors (Lipinski definition) is 2. The molecule has 0 radical (unpaired) electrons. The molecule has 0 bridgehead atoms. The molecule has 10 nitrogen and oxygen atoms in total. The van der Waals surface area contributed by atoms with Crippen molar-refractivity contribution in [2.75, 3.05) is 45.0 Å². The van der Waals surface area contributed by atoms with Gasteiger partial charge in [0.05, 0.1) is 36.4 Å². The second-order valence-corrected chi connectivity index (χ2v) is 9.57. The van der Waals surface area contributed by atoms with Gasteiger partial charge in [0.2, 0.25) is 5.96 Å². The molecular formula is C30H38F3N6O4+. The van der Waals surface area contributed by atoms with Gasteiger partial charge in [0, 0.05) is 17.0 Å². The predicted octanol–water partition coefficient (Wildman–Crippen LogP) is 5.07. The van der Waals surface area contributed by atoms with E-state index in [2.05, 4.69) is 6.58 Å². The molecule has 232 valence electrons. The van der Waals surface area contributed by atoms with Gasteiger partial charge in [-0.25, -0.2) is 9.59 Å². The number of urea groups is 1. The number of allylic oxidation sites excluding steroid dienone is 5. The summed E-state index contributed by atoms with van der Waals surface area (Å²) in [5, 5.41) is 18.4. The molecule has 3 rings (SSSR count). The minimum absolute atomic E-state index is 0.0727. The van der Waals surface area contributed by atoms with Gasteiger partial charge in [-0.15, -0.1) is 0 Å². The SMILES string of the molecule is C=C/C(C#N)=C\C=C(/C[N+]1(CC)CCOC1)[C@@H]1C(C(=O)OC)=C(C)N(c2cccc(C(F)(F)F)c2)C(=N)N1C(N)=O.CC. The largest absolute Gasteiger partial charge is 0.466 e. The Hall–Kier alpha value is -4.41. The van der Waals surface area contributed by atoms with Gasteiger partial charge in [-0.3, -0.25) is 19.7 Å². The molecule has 1 saturated heterocycles. The number of likely N-dealkylation sites (N-methyl/N-ethyl adjacent to an activating group) is 1. The Morgan fingerprint density at radius 2 is 2.00 bits per heavy atom. The molecule has 0 aromatic heterocycles. The lowest BCUT2D eigenvalue weighted by atomic mass is 9.91. The molecule has 1 unspecified atom stereocenters. The number of rotatable bonds is 8. The Labute approximate surface area is 249 Å². The van der Waals surface area contributed by atoms with Gasteiger partial charge in [-0.1, -0.05) is 38.6 Å². The second kappa shape index (κ2) is 14.7. The van der Waals surface area contributed by atoms with E-state index in [1.807, 2.05) is 26.8 Å². The Bertz CT molecular complexity index is 1370. The number of nitrogens with two attached hydrogens (primary N) is 1. The number of quaternary nitrogens is 1. The van der Waals surface area contributed by atoms with E-state index in [1.54, 1.807) is 6.08 Å². The molecule has 2 amide bonds. The van der Waals surface area contributed by atoms with Crippen LogP contribution in [0.5, 0.6) is 0 Å². The van der Waals surface area contributed by atoms with Crippen LogP contribution in [-0.4, -0.2) is 73.5 Å². The lowest BCUT2D eigenvalue weighted by Crippen LogP contribution is -2.61. The molecule has 2 heterocycles. The maximum atomic E-state index is 13.5. The van der Waals surface area contributed by atoms with Gasteiger partial charge in [0.25, 0.3) is 0 Å². The minimum atomic E-state index is -4.68. The first kappa shape index (κ1) is 34.8. The fourth-order valence-corrected chi connectivity index (χ4v) is 4.96. The van der Waals surface area contributed by atoms with Crippen LogP contribution in [-0.2, 0) is 20.4 Å². The summed E-state index contributed by atoms with van der Waals surface area (Å²) >= 11 is 0. The highest BCUT2D eigenvalue weighted by atomic mass is 19.4. The van der Waals surface area contributed by atoms with Crippen molar-refractivity contribution >= 4 is 23.6 Å². The number of ether oxygens (including phenoxy) is 2. The minimum Gasteiger partial charge on any atom is -0.466 e. The average Bonchev–Trinajstić information content (AvgIpc) is 3.46. The van der Waals surface area contributed by atoms with Crippen molar-refractivity contribution < 1.29 is 36.7 Å². The van der Waals surface area contributed by atoms with Crippen molar-refractivity contribution in [1.82, 2.24) is 4.90 Å². The van der Waals surface area contributed by atoms with Crippen LogP contribution < -0.4 is 10.6 Å². The normalized spacial score (nSPS) is 21.2. The third kappa shape index (κ3) is 7.52. The number of anilines is 1. The first-order chi connectivity index (χ1) is 20.3. The quantitative estimate of drug-likeness (QED) is 0.185. The lowest BCUT2D eigenvalue weighted by molar-refractivity contribution is -0.919. The molecule has 1 aromatic rings. The zero-order valence-corrected chi connectivity index (χ0v) is 25.0. The molecule has 0 spiro atoms. The standard InChI is InChI=1S/C28H31F3N6O4.C2H6/c1-5-19(15-32)10-11-20(16-37(6-2)12-13-41-17-37)24-23(25(38)40-4)18(3)35(26(33)36(24)27(34)39)22-9-7-8-21(14-22)28(29,30)31;1-2/h5,7-11,14,24,33H,1,6,12-13,16-17H2,2-4H3,(H-,34,39);1-2H3/p+1/b19-10+,20-11+,33-26?;/t24-,37?;/m1./s1. The number of nitriles is 1. The zero-order valence-electron chi connectivity index (χ0n) is 25.0. The van der Waals surface area contributed by atoms with Gasteiger partial charge < -0.3 is 15.2 Å². The Kier molecular flexibility index (Phi) is 11.9. The summed E-state index contributed by atoms with van der Waals surface area (Å²) in [5.41, 5.74) is 5.29. The molecule has 2 aliphatic heterocycles. The molecular weight excluding hydrogens is 565 g/mol. The van der Waals surface area contributed by atoms with Crippen LogP contribution in [0.1, 0.15) is 33.3 Å². The summed E-state index contributed by atoms with van der Waals surface area (Å²) in [6, 6.07) is 3.77. The van der Waals surface area contributed by atoms with Crippen molar-refractivity contribution in [3.63, 3.8) is 0 Å². The molecule has 2 atom stereocenters. The molecule has 1 aromatic carbocycles.